The van der Waals surface area contributed by atoms with E-state index in [9.17, 15) is 19.7 Å². The first-order valence-electron chi connectivity index (χ1n) is 6.31. The number of nitrogens with two attached hydrogens (primary N) is 1. The van der Waals surface area contributed by atoms with Gasteiger partial charge in [-0.3, -0.25) is 25.0 Å². The highest BCUT2D eigenvalue weighted by atomic mass is 32.2. The van der Waals surface area contributed by atoms with Crippen LogP contribution < -0.4 is 11.1 Å². The first-order chi connectivity index (χ1) is 10.9. The summed E-state index contributed by atoms with van der Waals surface area (Å²) >= 11 is 2.41. The first-order valence-corrected chi connectivity index (χ1v) is 8.12. The average Bonchev–Trinajstić information content (AvgIpc) is 2.84. The molecule has 120 valence electrons. The lowest BCUT2D eigenvalue weighted by molar-refractivity contribution is -0.385. The molecular formula is C13H12N4O4S2. The molecule has 3 N–H and O–H groups in total. The molecule has 0 aliphatic heterocycles. The Balaban J connectivity index is 2.17. The van der Waals surface area contributed by atoms with Crippen molar-refractivity contribution in [2.24, 2.45) is 5.73 Å². The maximum atomic E-state index is 12.2. The number of carbonyl (C=O) groups is 2. The van der Waals surface area contributed by atoms with Gasteiger partial charge in [-0.2, -0.15) is 0 Å². The second-order valence-corrected chi connectivity index (χ2v) is 6.62. The Morgan fingerprint density at radius 1 is 1.43 bits per heavy atom. The number of thioether (sulfide) groups is 1. The maximum Gasteiger partial charge on any atom is 0.282 e. The number of aryl methyl sites for hydroxylation is 1. The minimum absolute atomic E-state index is 0.0447. The molecule has 0 saturated carbocycles. The number of nitrogens with zero attached hydrogens (tertiary/aromatic N) is 2. The average molecular weight is 352 g/mol. The van der Waals surface area contributed by atoms with Crippen LogP contribution in [0.25, 0.3) is 0 Å². The number of benzene rings is 1. The molecule has 0 radical (unpaired) electrons. The van der Waals surface area contributed by atoms with E-state index in [1.807, 2.05) is 0 Å². The largest absolute Gasteiger partial charge is 0.369 e. The number of hydrogen-bond donors (Lipinski definition) is 2. The SMILES string of the molecule is Cc1nc(NC(=O)c2ccccc2[N+](=O)[O-])sc1SCC(N)=O. The Kier molecular flexibility index (Phi) is 5.29. The zero-order valence-corrected chi connectivity index (χ0v) is 13.6. The molecule has 0 saturated heterocycles. The summed E-state index contributed by atoms with van der Waals surface area (Å²) in [5, 5.41) is 13.8. The highest BCUT2D eigenvalue weighted by Gasteiger charge is 2.20. The minimum Gasteiger partial charge on any atom is -0.369 e. The Labute approximate surface area is 139 Å². The number of primary amides is 1. The smallest absolute Gasteiger partial charge is 0.282 e. The summed E-state index contributed by atoms with van der Waals surface area (Å²) in [5.74, 6) is -0.952. The van der Waals surface area contributed by atoms with Crippen molar-refractivity contribution in [3.63, 3.8) is 0 Å². The van der Waals surface area contributed by atoms with Gasteiger partial charge < -0.3 is 5.73 Å². The van der Waals surface area contributed by atoms with Crippen molar-refractivity contribution in [2.75, 3.05) is 11.1 Å². The van der Waals surface area contributed by atoms with Gasteiger partial charge in [0.1, 0.15) is 5.56 Å². The fourth-order valence-electron chi connectivity index (χ4n) is 1.70. The van der Waals surface area contributed by atoms with Crippen LogP contribution in [0.2, 0.25) is 0 Å². The number of amides is 2. The summed E-state index contributed by atoms with van der Waals surface area (Å²) in [6, 6.07) is 5.66. The monoisotopic (exact) mass is 352 g/mol. The lowest BCUT2D eigenvalue weighted by Gasteiger charge is -2.02. The van der Waals surface area contributed by atoms with Gasteiger partial charge in [0.2, 0.25) is 5.91 Å². The molecule has 0 fully saturated rings. The van der Waals surface area contributed by atoms with Crippen molar-refractivity contribution in [3.05, 3.63) is 45.6 Å². The lowest BCUT2D eigenvalue weighted by atomic mass is 10.1. The molecule has 0 bridgehead atoms. The van der Waals surface area contributed by atoms with E-state index in [1.165, 1.54) is 41.3 Å². The molecule has 0 unspecified atom stereocenters. The third kappa shape index (κ3) is 4.27. The number of nitro benzene ring substituents is 1. The normalized spacial score (nSPS) is 10.3. The van der Waals surface area contributed by atoms with Gasteiger partial charge in [0, 0.05) is 6.07 Å². The van der Waals surface area contributed by atoms with Crippen LogP contribution in [0.1, 0.15) is 16.1 Å². The Morgan fingerprint density at radius 2 is 2.13 bits per heavy atom. The van der Waals surface area contributed by atoms with Crippen LogP contribution in [0, 0.1) is 17.0 Å². The van der Waals surface area contributed by atoms with Gasteiger partial charge >= 0.3 is 0 Å². The molecule has 0 aliphatic carbocycles. The Bertz CT molecular complexity index is 775. The molecule has 0 aliphatic rings. The van der Waals surface area contributed by atoms with E-state index in [0.717, 1.165) is 4.21 Å². The van der Waals surface area contributed by atoms with Crippen LogP contribution in [0.3, 0.4) is 0 Å². The molecule has 2 aromatic rings. The molecule has 23 heavy (non-hydrogen) atoms. The van der Waals surface area contributed by atoms with Crippen LogP contribution in [0.5, 0.6) is 0 Å². The Morgan fingerprint density at radius 3 is 2.78 bits per heavy atom. The number of nitro groups is 1. The summed E-state index contributed by atoms with van der Waals surface area (Å²) in [4.78, 5) is 37.5. The highest BCUT2D eigenvalue weighted by molar-refractivity contribution is 8.01. The van der Waals surface area contributed by atoms with Gasteiger partial charge in [0.15, 0.2) is 5.13 Å². The van der Waals surface area contributed by atoms with Gasteiger partial charge in [0.05, 0.1) is 20.6 Å². The van der Waals surface area contributed by atoms with E-state index in [-0.39, 0.29) is 17.0 Å². The van der Waals surface area contributed by atoms with Crippen molar-refractivity contribution in [2.45, 2.75) is 11.1 Å². The van der Waals surface area contributed by atoms with Crippen molar-refractivity contribution < 1.29 is 14.5 Å². The van der Waals surface area contributed by atoms with Gasteiger partial charge in [0.25, 0.3) is 11.6 Å². The van der Waals surface area contributed by atoms with Gasteiger partial charge in [-0.25, -0.2) is 4.98 Å². The highest BCUT2D eigenvalue weighted by Crippen LogP contribution is 2.32. The van der Waals surface area contributed by atoms with Gasteiger partial charge in [-0.1, -0.05) is 23.5 Å². The molecule has 10 heteroatoms. The molecule has 1 aromatic heterocycles. The van der Waals surface area contributed by atoms with Crippen molar-refractivity contribution in [1.29, 1.82) is 0 Å². The van der Waals surface area contributed by atoms with Gasteiger partial charge in [-0.15, -0.1) is 11.8 Å². The summed E-state index contributed by atoms with van der Waals surface area (Å²) in [6.07, 6.45) is 0. The molecule has 2 rings (SSSR count). The van der Waals surface area contributed by atoms with Crippen LogP contribution in [0.15, 0.2) is 28.5 Å². The zero-order chi connectivity index (χ0) is 17.0. The number of thiazole rings is 1. The number of para-hydroxylation sites is 1. The molecule has 8 nitrogen and oxygen atoms in total. The van der Waals surface area contributed by atoms with Crippen molar-refractivity contribution in [1.82, 2.24) is 4.98 Å². The standard InChI is InChI=1S/C13H12N4O4S2/c1-7-12(22-6-10(14)18)23-13(15-7)16-11(19)8-4-2-3-5-9(8)17(20)21/h2-5H,6H2,1H3,(H2,14,18)(H,15,16,19). The number of aromatic nitrogens is 1. The topological polar surface area (TPSA) is 128 Å². The molecule has 2 amide bonds. The zero-order valence-electron chi connectivity index (χ0n) is 11.9. The summed E-state index contributed by atoms with van der Waals surface area (Å²) in [5.41, 5.74) is 5.42. The van der Waals surface area contributed by atoms with Gasteiger partial charge in [-0.05, 0) is 13.0 Å². The van der Waals surface area contributed by atoms with E-state index in [2.05, 4.69) is 10.3 Å². The minimum atomic E-state index is -0.615. The van der Waals surface area contributed by atoms with E-state index in [0.29, 0.717) is 10.8 Å². The summed E-state index contributed by atoms with van der Waals surface area (Å²) in [6.45, 7) is 1.74. The quantitative estimate of drug-likeness (QED) is 0.466. The first kappa shape index (κ1) is 16.9. The van der Waals surface area contributed by atoms with Crippen molar-refractivity contribution in [3.8, 4) is 0 Å². The number of rotatable bonds is 6. The fourth-order valence-corrected chi connectivity index (χ4v) is 3.57. The number of nitrogens with one attached hydrogen (secondary N) is 1. The van der Waals surface area contributed by atoms with E-state index >= 15 is 0 Å². The maximum absolute atomic E-state index is 12.2. The fraction of sp³-hybridized carbons (Fsp3) is 0.154. The molecule has 0 spiro atoms. The Hall–Kier alpha value is -2.46. The van der Waals surface area contributed by atoms with E-state index in [4.69, 9.17) is 5.73 Å². The second kappa shape index (κ2) is 7.20. The number of anilines is 1. The predicted molar refractivity (Wildman–Crippen MR) is 87.8 cm³/mol. The third-order valence-corrected chi connectivity index (χ3v) is 5.12. The van der Waals surface area contributed by atoms with Crippen LogP contribution in [0.4, 0.5) is 10.8 Å². The van der Waals surface area contributed by atoms with E-state index in [1.54, 1.807) is 13.0 Å². The van der Waals surface area contributed by atoms with E-state index < -0.39 is 16.7 Å². The van der Waals surface area contributed by atoms with Crippen LogP contribution >= 0.6 is 23.1 Å². The lowest BCUT2D eigenvalue weighted by Crippen LogP contribution is -2.13. The van der Waals surface area contributed by atoms with Crippen LogP contribution in [-0.4, -0.2) is 27.5 Å². The van der Waals surface area contributed by atoms with Crippen molar-refractivity contribution >= 4 is 45.7 Å². The molecule has 0 atom stereocenters. The molecule has 1 aromatic carbocycles. The summed E-state index contributed by atoms with van der Waals surface area (Å²) < 4.78 is 0.752. The molecule has 1 heterocycles. The van der Waals surface area contributed by atoms with Crippen LogP contribution in [-0.2, 0) is 4.79 Å². The third-order valence-electron chi connectivity index (χ3n) is 2.67. The number of hydrogen-bond acceptors (Lipinski definition) is 7. The molecular weight excluding hydrogens is 340 g/mol. The predicted octanol–water partition coefficient (Wildman–Crippen LogP) is 2.19. The summed E-state index contributed by atoms with van der Waals surface area (Å²) in [7, 11) is 0. The number of carbonyl (C=O) groups excluding carboxylic acids is 2. The second-order valence-electron chi connectivity index (χ2n) is 4.38.